The predicted molar refractivity (Wildman–Crippen MR) is 120 cm³/mol. The largest absolute Gasteiger partial charge is 0.329 e. The summed E-state index contributed by atoms with van der Waals surface area (Å²) in [4.78, 5) is 45.1. The molecule has 1 amide bonds. The van der Waals surface area contributed by atoms with Gasteiger partial charge in [-0.3, -0.25) is 19.1 Å². The summed E-state index contributed by atoms with van der Waals surface area (Å²) < 4.78 is 24.1. The Balaban J connectivity index is 1.81. The molecule has 1 saturated carbocycles. The minimum Gasteiger partial charge on any atom is -0.322 e. The molecule has 1 fully saturated rings. The van der Waals surface area contributed by atoms with Gasteiger partial charge in [-0.05, 0) is 43.0 Å². The lowest BCUT2D eigenvalue weighted by molar-refractivity contribution is 0.102. The van der Waals surface area contributed by atoms with Crippen LogP contribution in [0.5, 0.6) is 0 Å². The zero-order valence-corrected chi connectivity index (χ0v) is 18.2. The maximum absolute atomic E-state index is 13.2. The molecule has 2 aromatic heterocycles. The van der Waals surface area contributed by atoms with Crippen molar-refractivity contribution in [2.75, 3.05) is 5.32 Å². The first-order valence-electron chi connectivity index (χ1n) is 10.2. The van der Waals surface area contributed by atoms with E-state index in [1.807, 2.05) is 6.92 Å². The minimum atomic E-state index is -3.73. The van der Waals surface area contributed by atoms with Gasteiger partial charge in [0.2, 0.25) is 10.0 Å². The first kappa shape index (κ1) is 21.9. The van der Waals surface area contributed by atoms with Crippen molar-refractivity contribution in [2.45, 2.75) is 44.4 Å². The number of pyridine rings is 1. The number of amides is 1. The van der Waals surface area contributed by atoms with E-state index in [0.29, 0.717) is 29.9 Å². The molecule has 1 aliphatic carbocycles. The number of hydrogen-bond acceptors (Lipinski definition) is 6. The number of sulfonamides is 1. The Kier molecular flexibility index (Phi) is 5.70. The Morgan fingerprint density at radius 2 is 2.03 bits per heavy atom. The van der Waals surface area contributed by atoms with E-state index in [9.17, 15) is 22.8 Å². The second-order valence-electron chi connectivity index (χ2n) is 7.94. The summed E-state index contributed by atoms with van der Waals surface area (Å²) >= 11 is 0. The molecule has 11 heteroatoms. The van der Waals surface area contributed by atoms with Crippen LogP contribution >= 0.6 is 0 Å². The molecule has 0 unspecified atom stereocenters. The number of nitrogens with two attached hydrogens (primary N) is 1. The molecule has 0 saturated heterocycles. The van der Waals surface area contributed by atoms with Gasteiger partial charge in [-0.1, -0.05) is 19.1 Å². The fraction of sp³-hybridized carbons (Fsp3) is 0.333. The quantitative estimate of drug-likeness (QED) is 0.487. The molecule has 4 N–H and O–H groups in total. The summed E-state index contributed by atoms with van der Waals surface area (Å²) in [7, 11) is -3.73. The Hall–Kier alpha value is -3.31. The standard InChI is InChI=1S/C21H23N5O5S/c1-2-8-26-18-17(20(28)25-21(26)29)15(10-16(24-18)13-6-7-13)19(27)23-14-5-3-4-12(9-14)11-32(22,30)31/h3-5,9-10,13H,2,6-8,11H2,1H3,(H,23,27)(H2,22,30,31)(H,25,28,29). The van der Waals surface area contributed by atoms with Crippen molar-refractivity contribution < 1.29 is 13.2 Å². The highest BCUT2D eigenvalue weighted by Crippen LogP contribution is 2.40. The number of primary sulfonamides is 1. The molecule has 10 nitrogen and oxygen atoms in total. The van der Waals surface area contributed by atoms with Crippen LogP contribution < -0.4 is 21.7 Å². The molecule has 4 rings (SSSR count). The van der Waals surface area contributed by atoms with Crippen molar-refractivity contribution in [3.63, 3.8) is 0 Å². The monoisotopic (exact) mass is 457 g/mol. The number of aryl methyl sites for hydroxylation is 1. The second-order valence-corrected chi connectivity index (χ2v) is 9.55. The number of nitrogens with zero attached hydrogens (tertiary/aromatic N) is 2. The number of aromatic nitrogens is 3. The molecule has 32 heavy (non-hydrogen) atoms. The number of nitrogens with one attached hydrogen (secondary N) is 2. The van der Waals surface area contributed by atoms with Crippen LogP contribution in [0.25, 0.3) is 11.0 Å². The smallest absolute Gasteiger partial charge is 0.322 e. The SMILES string of the molecule is CCCn1c(=O)[nH]c(=O)c2c(C(=O)Nc3cccc(CS(N)(=O)=O)c3)cc(C3CC3)nc21. The summed E-state index contributed by atoms with van der Waals surface area (Å²) in [5.74, 6) is -0.739. The van der Waals surface area contributed by atoms with E-state index in [1.54, 1.807) is 24.3 Å². The third-order valence-electron chi connectivity index (χ3n) is 5.21. The van der Waals surface area contributed by atoms with E-state index in [2.05, 4.69) is 15.3 Å². The Bertz CT molecular complexity index is 1440. The molecule has 168 valence electrons. The number of rotatable bonds is 7. The van der Waals surface area contributed by atoms with E-state index >= 15 is 0 Å². The molecular weight excluding hydrogens is 434 g/mol. The summed E-state index contributed by atoms with van der Waals surface area (Å²) in [6.07, 6.45) is 2.50. The first-order valence-corrected chi connectivity index (χ1v) is 12.0. The Morgan fingerprint density at radius 1 is 1.28 bits per heavy atom. The number of carbonyl (C=O) groups is 1. The normalized spacial score (nSPS) is 13.9. The summed E-state index contributed by atoms with van der Waals surface area (Å²) in [6, 6.07) is 7.89. The van der Waals surface area contributed by atoms with E-state index in [-0.39, 0.29) is 28.3 Å². The molecule has 3 aromatic rings. The lowest BCUT2D eigenvalue weighted by atomic mass is 10.1. The molecule has 1 aromatic carbocycles. The maximum Gasteiger partial charge on any atom is 0.329 e. The molecule has 2 heterocycles. The van der Waals surface area contributed by atoms with E-state index in [4.69, 9.17) is 5.14 Å². The summed E-state index contributed by atoms with van der Waals surface area (Å²) in [5, 5.41) is 7.86. The average Bonchev–Trinajstić information content (AvgIpc) is 3.54. The number of benzene rings is 1. The summed E-state index contributed by atoms with van der Waals surface area (Å²) in [5.41, 5.74) is 0.496. The number of carbonyl (C=O) groups excluding carboxylic acids is 1. The third kappa shape index (κ3) is 4.63. The number of fused-ring (bicyclic) bond motifs is 1. The fourth-order valence-corrected chi connectivity index (χ4v) is 4.31. The molecule has 0 atom stereocenters. The zero-order valence-electron chi connectivity index (χ0n) is 17.4. The summed E-state index contributed by atoms with van der Waals surface area (Å²) in [6.45, 7) is 2.25. The van der Waals surface area contributed by atoms with Crippen LogP contribution in [-0.4, -0.2) is 28.9 Å². The Labute approximate surface area is 183 Å². The van der Waals surface area contributed by atoms with Crippen molar-refractivity contribution in [1.29, 1.82) is 0 Å². The van der Waals surface area contributed by atoms with Crippen LogP contribution in [0.15, 0.2) is 39.9 Å². The molecule has 0 radical (unpaired) electrons. The van der Waals surface area contributed by atoms with Gasteiger partial charge >= 0.3 is 5.69 Å². The lowest BCUT2D eigenvalue weighted by Gasteiger charge is -2.13. The highest BCUT2D eigenvalue weighted by molar-refractivity contribution is 7.88. The number of H-pyrrole nitrogens is 1. The number of anilines is 1. The van der Waals surface area contributed by atoms with Gasteiger partial charge in [0.15, 0.2) is 5.65 Å². The topological polar surface area (TPSA) is 157 Å². The van der Waals surface area contributed by atoms with Crippen LogP contribution in [0.1, 0.15) is 53.7 Å². The first-order chi connectivity index (χ1) is 15.2. The number of aromatic amines is 1. The van der Waals surface area contributed by atoms with E-state index in [0.717, 1.165) is 12.8 Å². The Morgan fingerprint density at radius 3 is 2.69 bits per heavy atom. The molecule has 0 bridgehead atoms. The molecular formula is C21H23N5O5S. The van der Waals surface area contributed by atoms with Crippen LogP contribution in [0.4, 0.5) is 5.69 Å². The van der Waals surface area contributed by atoms with Crippen LogP contribution in [0.3, 0.4) is 0 Å². The predicted octanol–water partition coefficient (Wildman–Crippen LogP) is 1.41. The molecule has 0 spiro atoms. The van der Waals surface area contributed by atoms with Gasteiger partial charge in [-0.2, -0.15) is 0 Å². The van der Waals surface area contributed by atoms with Crippen molar-refractivity contribution in [3.05, 3.63) is 68.0 Å². The van der Waals surface area contributed by atoms with E-state index < -0.39 is 27.2 Å². The minimum absolute atomic E-state index is 0.0423. The van der Waals surface area contributed by atoms with Crippen LogP contribution in [0.2, 0.25) is 0 Å². The lowest BCUT2D eigenvalue weighted by Crippen LogP contribution is -2.32. The maximum atomic E-state index is 13.2. The van der Waals surface area contributed by atoms with Gasteiger partial charge in [-0.25, -0.2) is 23.3 Å². The van der Waals surface area contributed by atoms with Gasteiger partial charge in [0.1, 0.15) is 0 Å². The van der Waals surface area contributed by atoms with Crippen LogP contribution in [0, 0.1) is 0 Å². The van der Waals surface area contributed by atoms with Gasteiger partial charge in [-0.15, -0.1) is 0 Å². The molecule has 0 aliphatic heterocycles. The van der Waals surface area contributed by atoms with E-state index in [1.165, 1.54) is 10.6 Å². The van der Waals surface area contributed by atoms with Gasteiger partial charge in [0.25, 0.3) is 11.5 Å². The third-order valence-corrected chi connectivity index (χ3v) is 5.94. The van der Waals surface area contributed by atoms with Crippen molar-refractivity contribution in [1.82, 2.24) is 14.5 Å². The fourth-order valence-electron chi connectivity index (χ4n) is 3.66. The van der Waals surface area contributed by atoms with Gasteiger partial charge in [0, 0.05) is 23.8 Å². The highest BCUT2D eigenvalue weighted by Gasteiger charge is 2.28. The van der Waals surface area contributed by atoms with Gasteiger partial charge in [0.05, 0.1) is 16.7 Å². The second kappa shape index (κ2) is 8.32. The highest BCUT2D eigenvalue weighted by atomic mass is 32.2. The molecule has 1 aliphatic rings. The van der Waals surface area contributed by atoms with Crippen molar-refractivity contribution >= 4 is 32.7 Å². The van der Waals surface area contributed by atoms with Crippen molar-refractivity contribution in [3.8, 4) is 0 Å². The zero-order chi connectivity index (χ0) is 23.0. The van der Waals surface area contributed by atoms with Gasteiger partial charge < -0.3 is 5.32 Å². The van der Waals surface area contributed by atoms with Crippen LogP contribution in [-0.2, 0) is 22.3 Å². The number of hydrogen-bond donors (Lipinski definition) is 3. The average molecular weight is 458 g/mol. The van der Waals surface area contributed by atoms with Crippen molar-refractivity contribution in [2.24, 2.45) is 5.14 Å².